The summed E-state index contributed by atoms with van der Waals surface area (Å²) in [4.78, 5) is 8.01. The highest BCUT2D eigenvalue weighted by atomic mass is 15.2. The van der Waals surface area contributed by atoms with Crippen molar-refractivity contribution in [2.75, 3.05) is 0 Å². The van der Waals surface area contributed by atoms with Gasteiger partial charge < -0.3 is 4.98 Å². The number of pyridine rings is 2. The van der Waals surface area contributed by atoms with Crippen molar-refractivity contribution in [2.24, 2.45) is 7.05 Å². The molecule has 0 spiro atoms. The summed E-state index contributed by atoms with van der Waals surface area (Å²) < 4.78 is 3.71. The van der Waals surface area contributed by atoms with Gasteiger partial charge in [0.1, 0.15) is 5.65 Å². The molecule has 0 amide bonds. The van der Waals surface area contributed by atoms with Gasteiger partial charge in [-0.3, -0.25) is 4.68 Å². The molecule has 0 radical (unpaired) electrons. The topological polar surface area (TPSA) is 63.8 Å². The minimum absolute atomic E-state index is 0.883. The molecule has 0 unspecified atom stereocenters. The number of benzene rings is 1. The molecule has 31 heavy (non-hydrogen) atoms. The predicted octanol–water partition coefficient (Wildman–Crippen LogP) is 5.25. The lowest BCUT2D eigenvalue weighted by Crippen LogP contribution is -1.88. The number of aromatic nitrogens is 6. The maximum absolute atomic E-state index is 4.68. The second-order valence-electron chi connectivity index (χ2n) is 7.84. The number of aryl methyl sites for hydroxylation is 2. The van der Waals surface area contributed by atoms with Crippen LogP contribution in [0.3, 0.4) is 0 Å². The third-order valence-corrected chi connectivity index (χ3v) is 5.84. The van der Waals surface area contributed by atoms with Gasteiger partial charge in [0.15, 0.2) is 0 Å². The summed E-state index contributed by atoms with van der Waals surface area (Å²) in [6, 6.07) is 14.9. The minimum atomic E-state index is 0.883. The van der Waals surface area contributed by atoms with Gasteiger partial charge in [0.05, 0.1) is 17.9 Å². The van der Waals surface area contributed by atoms with E-state index in [0.29, 0.717) is 0 Å². The number of aromatic amines is 1. The number of H-pyrrole nitrogens is 1. The van der Waals surface area contributed by atoms with Crippen LogP contribution >= 0.6 is 0 Å². The van der Waals surface area contributed by atoms with Crippen molar-refractivity contribution in [3.05, 3.63) is 85.2 Å². The van der Waals surface area contributed by atoms with E-state index in [1.165, 1.54) is 11.1 Å². The quantitative estimate of drug-likeness (QED) is 0.438. The third kappa shape index (κ3) is 2.84. The molecule has 5 aromatic heterocycles. The number of hydrogen-bond acceptors (Lipinski definition) is 3. The van der Waals surface area contributed by atoms with E-state index in [9.17, 15) is 0 Å². The number of nitrogens with one attached hydrogen (secondary N) is 1. The highest BCUT2D eigenvalue weighted by Gasteiger charge is 2.13. The molecule has 1 N–H and O–H groups in total. The minimum Gasteiger partial charge on any atom is -0.346 e. The van der Waals surface area contributed by atoms with Crippen molar-refractivity contribution < 1.29 is 0 Å². The Kier molecular flexibility index (Phi) is 3.80. The molecule has 0 aliphatic rings. The van der Waals surface area contributed by atoms with Crippen LogP contribution in [0.4, 0.5) is 0 Å². The lowest BCUT2D eigenvalue weighted by Gasteiger charge is -2.07. The lowest BCUT2D eigenvalue weighted by atomic mass is 9.99. The summed E-state index contributed by atoms with van der Waals surface area (Å²) in [5, 5.41) is 9.92. The van der Waals surface area contributed by atoms with E-state index in [2.05, 4.69) is 69.6 Å². The van der Waals surface area contributed by atoms with Crippen molar-refractivity contribution in [2.45, 2.75) is 6.92 Å². The average Bonchev–Trinajstić information content (AvgIpc) is 3.50. The highest BCUT2D eigenvalue weighted by molar-refractivity contribution is 5.97. The fourth-order valence-electron chi connectivity index (χ4n) is 4.22. The maximum Gasteiger partial charge on any atom is 0.137 e. The molecule has 0 atom stereocenters. The van der Waals surface area contributed by atoms with Crippen molar-refractivity contribution in [3.8, 4) is 33.4 Å². The Bertz CT molecular complexity index is 1570. The largest absolute Gasteiger partial charge is 0.346 e. The van der Waals surface area contributed by atoms with E-state index in [4.69, 9.17) is 0 Å². The number of hydrogen-bond donors (Lipinski definition) is 1. The molecule has 6 aromatic rings. The second-order valence-corrected chi connectivity index (χ2v) is 7.84. The first kappa shape index (κ1) is 17.7. The van der Waals surface area contributed by atoms with Gasteiger partial charge >= 0.3 is 0 Å². The van der Waals surface area contributed by atoms with Crippen LogP contribution in [-0.2, 0) is 7.05 Å². The zero-order chi connectivity index (χ0) is 20.9. The van der Waals surface area contributed by atoms with Crippen molar-refractivity contribution in [1.29, 1.82) is 0 Å². The zero-order valence-electron chi connectivity index (χ0n) is 17.2. The lowest BCUT2D eigenvalue weighted by molar-refractivity contribution is 0.768. The van der Waals surface area contributed by atoms with Crippen LogP contribution in [0.1, 0.15) is 5.56 Å². The summed E-state index contributed by atoms with van der Waals surface area (Å²) in [5.74, 6) is 0. The Morgan fingerprint density at radius 1 is 0.839 bits per heavy atom. The first-order valence-corrected chi connectivity index (χ1v) is 10.2. The van der Waals surface area contributed by atoms with Crippen molar-refractivity contribution in [1.82, 2.24) is 29.4 Å². The Balaban J connectivity index is 1.52. The molecule has 5 heterocycles. The van der Waals surface area contributed by atoms with Gasteiger partial charge in [0, 0.05) is 59.5 Å². The normalized spacial score (nSPS) is 11.5. The van der Waals surface area contributed by atoms with E-state index >= 15 is 0 Å². The Labute approximate surface area is 178 Å². The molecule has 6 nitrogen and oxygen atoms in total. The highest BCUT2D eigenvalue weighted by Crippen LogP contribution is 2.34. The molecule has 0 bridgehead atoms. The van der Waals surface area contributed by atoms with Gasteiger partial charge in [-0.2, -0.15) is 10.2 Å². The summed E-state index contributed by atoms with van der Waals surface area (Å²) in [6.07, 6.45) is 11.7. The van der Waals surface area contributed by atoms with Gasteiger partial charge in [-0.25, -0.2) is 9.50 Å². The van der Waals surface area contributed by atoms with Crippen LogP contribution in [0.2, 0.25) is 0 Å². The number of nitrogens with zero attached hydrogens (tertiary/aromatic N) is 5. The Hall–Kier alpha value is -4.19. The van der Waals surface area contributed by atoms with Gasteiger partial charge in [-0.1, -0.05) is 24.3 Å². The van der Waals surface area contributed by atoms with Gasteiger partial charge in [0.25, 0.3) is 0 Å². The van der Waals surface area contributed by atoms with Crippen molar-refractivity contribution >= 4 is 16.6 Å². The monoisotopic (exact) mass is 404 g/mol. The molecule has 6 rings (SSSR count). The standard InChI is InChI=1S/C25H20N6/c1-16-5-3-4-6-20(16)18-9-21-22(13-27-25(21)26-11-18)17-7-8-31-24(10-17)23(14-29-31)19-12-28-30(2)15-19/h3-15H,1-2H3,(H,26,27). The maximum atomic E-state index is 4.68. The second kappa shape index (κ2) is 6.67. The molecule has 0 saturated heterocycles. The van der Waals surface area contributed by atoms with Gasteiger partial charge in [-0.05, 0) is 41.8 Å². The number of fused-ring (bicyclic) bond motifs is 2. The van der Waals surface area contributed by atoms with Crippen LogP contribution < -0.4 is 0 Å². The summed E-state index contributed by atoms with van der Waals surface area (Å²) in [5.41, 5.74) is 9.85. The molecule has 0 aliphatic heterocycles. The van der Waals surface area contributed by atoms with E-state index in [-0.39, 0.29) is 0 Å². The Morgan fingerprint density at radius 3 is 2.58 bits per heavy atom. The summed E-state index contributed by atoms with van der Waals surface area (Å²) in [6.45, 7) is 2.13. The van der Waals surface area contributed by atoms with E-state index in [0.717, 1.165) is 44.4 Å². The smallest absolute Gasteiger partial charge is 0.137 e. The molecule has 1 aromatic carbocycles. The molecule has 150 valence electrons. The molecule has 0 aliphatic carbocycles. The zero-order valence-corrected chi connectivity index (χ0v) is 17.2. The van der Waals surface area contributed by atoms with Crippen molar-refractivity contribution in [3.63, 3.8) is 0 Å². The van der Waals surface area contributed by atoms with Gasteiger partial charge in [-0.15, -0.1) is 0 Å². The summed E-state index contributed by atoms with van der Waals surface area (Å²) in [7, 11) is 1.92. The molecular weight excluding hydrogens is 384 g/mol. The summed E-state index contributed by atoms with van der Waals surface area (Å²) >= 11 is 0. The third-order valence-electron chi connectivity index (χ3n) is 5.84. The van der Waals surface area contributed by atoms with E-state index in [1.54, 1.807) is 4.68 Å². The van der Waals surface area contributed by atoms with Gasteiger partial charge in [0.2, 0.25) is 0 Å². The Morgan fingerprint density at radius 2 is 1.74 bits per heavy atom. The molecule has 0 fully saturated rings. The van der Waals surface area contributed by atoms with Crippen LogP contribution in [0.5, 0.6) is 0 Å². The molecule has 6 heteroatoms. The average molecular weight is 404 g/mol. The fraction of sp³-hybridized carbons (Fsp3) is 0.0800. The van der Waals surface area contributed by atoms with Crippen LogP contribution in [0, 0.1) is 6.92 Å². The van der Waals surface area contributed by atoms with Crippen LogP contribution in [0.15, 0.2) is 79.6 Å². The molecular formula is C25H20N6. The van der Waals surface area contributed by atoms with E-state index < -0.39 is 0 Å². The molecule has 0 saturated carbocycles. The fourth-order valence-corrected chi connectivity index (χ4v) is 4.22. The number of rotatable bonds is 3. The predicted molar refractivity (Wildman–Crippen MR) is 123 cm³/mol. The van der Waals surface area contributed by atoms with Crippen LogP contribution in [-0.4, -0.2) is 29.4 Å². The SMILES string of the molecule is Cc1ccccc1-c1cnc2[nH]cc(-c3ccn4ncc(-c5cnn(C)c5)c4c3)c2c1. The first-order valence-electron chi connectivity index (χ1n) is 10.2. The first-order chi connectivity index (χ1) is 15.2. The van der Waals surface area contributed by atoms with Crippen LogP contribution in [0.25, 0.3) is 49.9 Å². The van der Waals surface area contributed by atoms with E-state index in [1.807, 2.05) is 48.7 Å².